The van der Waals surface area contributed by atoms with Crippen molar-refractivity contribution >= 4 is 10.9 Å². The van der Waals surface area contributed by atoms with E-state index in [0.717, 1.165) is 36.5 Å². The minimum atomic E-state index is 0.721. The topological polar surface area (TPSA) is 68.8 Å². The van der Waals surface area contributed by atoms with Crippen molar-refractivity contribution in [1.82, 2.24) is 25.2 Å². The van der Waals surface area contributed by atoms with Crippen LogP contribution in [0.5, 0.6) is 0 Å². The van der Waals surface area contributed by atoms with Gasteiger partial charge in [0.1, 0.15) is 0 Å². The second kappa shape index (κ2) is 5.19. The Kier molecular flexibility index (Phi) is 3.24. The lowest BCUT2D eigenvalue weighted by Gasteiger charge is -2.00. The summed E-state index contributed by atoms with van der Waals surface area (Å²) in [6.07, 6.45) is 2.10. The molecule has 6 nitrogen and oxygen atoms in total. The van der Waals surface area contributed by atoms with Crippen LogP contribution in [-0.4, -0.2) is 26.5 Å². The normalized spacial score (nSPS) is 11.2. The summed E-state index contributed by atoms with van der Waals surface area (Å²) in [7, 11) is 1.96. The molecule has 0 spiro atoms. The summed E-state index contributed by atoms with van der Waals surface area (Å²) >= 11 is 0. The third kappa shape index (κ3) is 2.48. The number of nitrogens with zero attached hydrogens (tertiary/aromatic N) is 4. The number of nitrogens with one attached hydrogen (secondary N) is 1. The van der Waals surface area contributed by atoms with Gasteiger partial charge < -0.3 is 9.84 Å². The first kappa shape index (κ1) is 11.9. The Morgan fingerprint density at radius 2 is 2.21 bits per heavy atom. The molecule has 0 fully saturated rings. The predicted molar refractivity (Wildman–Crippen MR) is 70.4 cm³/mol. The molecule has 3 rings (SSSR count). The highest BCUT2D eigenvalue weighted by molar-refractivity contribution is 5.81. The molecule has 0 saturated heterocycles. The van der Waals surface area contributed by atoms with Crippen LogP contribution in [0.1, 0.15) is 11.5 Å². The highest BCUT2D eigenvalue weighted by Gasteiger charge is 2.07. The van der Waals surface area contributed by atoms with Gasteiger partial charge in [-0.05, 0) is 6.07 Å². The van der Waals surface area contributed by atoms with Crippen LogP contribution in [0.4, 0.5) is 0 Å². The van der Waals surface area contributed by atoms with Crippen LogP contribution in [0, 0.1) is 0 Å². The molecular formula is C13H15N5O. The molecule has 1 N–H and O–H groups in total. The Morgan fingerprint density at radius 3 is 3.05 bits per heavy atom. The molecule has 2 heterocycles. The third-order valence-electron chi connectivity index (χ3n) is 3.06. The van der Waals surface area contributed by atoms with Gasteiger partial charge in [0, 0.05) is 31.9 Å². The number of para-hydroxylation sites is 1. The molecule has 3 aromatic rings. The first-order valence-corrected chi connectivity index (χ1v) is 6.21. The monoisotopic (exact) mass is 257 g/mol. The van der Waals surface area contributed by atoms with Crippen LogP contribution in [0.2, 0.25) is 0 Å². The second-order valence-corrected chi connectivity index (χ2v) is 4.36. The van der Waals surface area contributed by atoms with Crippen molar-refractivity contribution in [2.45, 2.75) is 13.0 Å². The fourth-order valence-electron chi connectivity index (χ4n) is 2.13. The Labute approximate surface area is 110 Å². The summed E-state index contributed by atoms with van der Waals surface area (Å²) in [5.74, 6) is 0.721. The van der Waals surface area contributed by atoms with Crippen LogP contribution in [-0.2, 0) is 20.0 Å². The molecule has 0 saturated carbocycles. The summed E-state index contributed by atoms with van der Waals surface area (Å²) in [4.78, 5) is 3.98. The molecule has 0 aliphatic heterocycles. The van der Waals surface area contributed by atoms with E-state index in [9.17, 15) is 0 Å². The number of fused-ring (bicyclic) bond motifs is 1. The smallest absolute Gasteiger partial charge is 0.213 e. The fraction of sp³-hybridized carbons (Fsp3) is 0.308. The minimum Gasteiger partial charge on any atom is -0.343 e. The summed E-state index contributed by atoms with van der Waals surface area (Å²) in [6.45, 7) is 1.53. The quantitative estimate of drug-likeness (QED) is 0.697. The van der Waals surface area contributed by atoms with Gasteiger partial charge in [0.25, 0.3) is 0 Å². The first-order valence-electron chi connectivity index (χ1n) is 6.21. The summed E-state index contributed by atoms with van der Waals surface area (Å²) in [5, 5.41) is 12.8. The molecule has 0 unspecified atom stereocenters. The number of hydrogen-bond donors (Lipinski definition) is 1. The van der Waals surface area contributed by atoms with Gasteiger partial charge in [0.15, 0.2) is 5.82 Å². The van der Waals surface area contributed by atoms with E-state index < -0.39 is 0 Å². The van der Waals surface area contributed by atoms with E-state index in [4.69, 9.17) is 0 Å². The molecule has 0 radical (unpaired) electrons. The molecular weight excluding hydrogens is 242 g/mol. The van der Waals surface area contributed by atoms with Gasteiger partial charge in [-0.3, -0.25) is 4.68 Å². The molecule has 19 heavy (non-hydrogen) atoms. The Hall–Kier alpha value is -2.21. The second-order valence-electron chi connectivity index (χ2n) is 4.36. The van der Waals surface area contributed by atoms with Crippen LogP contribution in [0.15, 0.2) is 35.2 Å². The molecule has 0 aliphatic carbocycles. The maximum Gasteiger partial charge on any atom is 0.213 e. The molecule has 0 bridgehead atoms. The number of hydrogen-bond acceptors (Lipinski definition) is 5. The van der Waals surface area contributed by atoms with Gasteiger partial charge in [-0.2, -0.15) is 10.1 Å². The Morgan fingerprint density at radius 1 is 1.32 bits per heavy atom. The molecule has 0 aliphatic rings. The van der Waals surface area contributed by atoms with E-state index in [1.54, 1.807) is 0 Å². The lowest BCUT2D eigenvalue weighted by atomic mass is 10.2. The zero-order valence-electron chi connectivity index (χ0n) is 10.7. The first-order chi connectivity index (χ1) is 9.34. The Bertz CT molecular complexity index is 659. The maximum absolute atomic E-state index is 4.69. The van der Waals surface area contributed by atoms with Gasteiger partial charge in [-0.1, -0.05) is 23.4 Å². The van der Waals surface area contributed by atoms with Crippen LogP contribution in [0.3, 0.4) is 0 Å². The van der Waals surface area contributed by atoms with Gasteiger partial charge >= 0.3 is 0 Å². The standard InChI is InChI=1S/C13H15N5O/c1-18-12-5-3-2-4-10(12)11(16-18)8-14-7-6-13-15-9-19-17-13/h2-5,9,14H,6-8H2,1H3. The number of aryl methyl sites for hydroxylation is 1. The predicted octanol–water partition coefficient (Wildman–Crippen LogP) is 1.29. The lowest BCUT2D eigenvalue weighted by Crippen LogP contribution is -2.17. The van der Waals surface area contributed by atoms with E-state index in [1.165, 1.54) is 11.8 Å². The van der Waals surface area contributed by atoms with E-state index >= 15 is 0 Å². The molecule has 0 atom stereocenters. The molecule has 6 heteroatoms. The van der Waals surface area contributed by atoms with Crippen molar-refractivity contribution in [3.63, 3.8) is 0 Å². The number of benzene rings is 1. The molecule has 1 aromatic carbocycles. The zero-order valence-corrected chi connectivity index (χ0v) is 10.7. The largest absolute Gasteiger partial charge is 0.343 e. The fourth-order valence-corrected chi connectivity index (χ4v) is 2.13. The SMILES string of the molecule is Cn1nc(CNCCc2ncon2)c2ccccc21. The van der Waals surface area contributed by atoms with E-state index in [0.29, 0.717) is 0 Å². The Balaban J connectivity index is 1.62. The van der Waals surface area contributed by atoms with E-state index in [-0.39, 0.29) is 0 Å². The zero-order chi connectivity index (χ0) is 13.1. The lowest BCUT2D eigenvalue weighted by molar-refractivity contribution is 0.409. The molecule has 2 aromatic heterocycles. The highest BCUT2D eigenvalue weighted by Crippen LogP contribution is 2.16. The number of rotatable bonds is 5. The van der Waals surface area contributed by atoms with Crippen molar-refractivity contribution in [3.8, 4) is 0 Å². The van der Waals surface area contributed by atoms with Crippen LogP contribution in [0.25, 0.3) is 10.9 Å². The average molecular weight is 257 g/mol. The highest BCUT2D eigenvalue weighted by atomic mass is 16.5. The summed E-state index contributed by atoms with van der Waals surface area (Å²) in [5.41, 5.74) is 2.21. The summed E-state index contributed by atoms with van der Waals surface area (Å²) in [6, 6.07) is 8.23. The van der Waals surface area contributed by atoms with Crippen molar-refractivity contribution in [2.75, 3.05) is 6.54 Å². The third-order valence-corrected chi connectivity index (χ3v) is 3.06. The van der Waals surface area contributed by atoms with Gasteiger partial charge in [0.05, 0.1) is 11.2 Å². The van der Waals surface area contributed by atoms with Crippen LogP contribution >= 0.6 is 0 Å². The maximum atomic E-state index is 4.69. The van der Waals surface area contributed by atoms with Crippen molar-refractivity contribution < 1.29 is 4.52 Å². The minimum absolute atomic E-state index is 0.721. The molecule has 0 amide bonds. The van der Waals surface area contributed by atoms with Crippen molar-refractivity contribution in [3.05, 3.63) is 42.2 Å². The van der Waals surface area contributed by atoms with Gasteiger partial charge in [-0.25, -0.2) is 0 Å². The van der Waals surface area contributed by atoms with Gasteiger partial charge in [-0.15, -0.1) is 0 Å². The number of aromatic nitrogens is 4. The van der Waals surface area contributed by atoms with Crippen LogP contribution < -0.4 is 5.32 Å². The van der Waals surface area contributed by atoms with Crippen molar-refractivity contribution in [2.24, 2.45) is 7.05 Å². The van der Waals surface area contributed by atoms with E-state index in [2.05, 4.69) is 37.2 Å². The van der Waals surface area contributed by atoms with Gasteiger partial charge in [0.2, 0.25) is 6.39 Å². The van der Waals surface area contributed by atoms with Crippen molar-refractivity contribution in [1.29, 1.82) is 0 Å². The summed E-state index contributed by atoms with van der Waals surface area (Å²) < 4.78 is 6.59. The average Bonchev–Trinajstić information content (AvgIpc) is 3.04. The van der Waals surface area contributed by atoms with E-state index in [1.807, 2.05) is 23.9 Å². The molecule has 98 valence electrons.